The average molecular weight is 300 g/mol. The maximum atomic E-state index is 12.9. The number of rotatable bonds is 4. The minimum absolute atomic E-state index is 0.0900. The summed E-state index contributed by atoms with van der Waals surface area (Å²) in [5.41, 5.74) is 1.81. The quantitative estimate of drug-likeness (QED) is 0.786. The van der Waals surface area contributed by atoms with Crippen molar-refractivity contribution in [2.45, 2.75) is 13.5 Å². The van der Waals surface area contributed by atoms with Crippen molar-refractivity contribution in [1.29, 1.82) is 0 Å². The molecular formula is C17H13FO4. The van der Waals surface area contributed by atoms with Gasteiger partial charge < -0.3 is 14.3 Å². The highest BCUT2D eigenvalue weighted by molar-refractivity contribution is 5.97. The van der Waals surface area contributed by atoms with E-state index in [1.807, 2.05) is 0 Å². The van der Waals surface area contributed by atoms with Crippen LogP contribution in [-0.2, 0) is 6.61 Å². The van der Waals surface area contributed by atoms with E-state index in [9.17, 15) is 9.18 Å². The van der Waals surface area contributed by atoms with Gasteiger partial charge in [-0.05, 0) is 36.8 Å². The molecule has 0 aliphatic rings. The van der Waals surface area contributed by atoms with E-state index in [0.29, 0.717) is 22.3 Å². The first-order valence-corrected chi connectivity index (χ1v) is 6.69. The predicted octanol–water partition coefficient (Wildman–Crippen LogP) is 4.16. The summed E-state index contributed by atoms with van der Waals surface area (Å²) < 4.78 is 24.0. The van der Waals surface area contributed by atoms with Crippen LogP contribution in [0.25, 0.3) is 11.0 Å². The number of fused-ring (bicyclic) bond motifs is 1. The van der Waals surface area contributed by atoms with Crippen LogP contribution in [-0.4, -0.2) is 11.1 Å². The van der Waals surface area contributed by atoms with E-state index in [4.69, 9.17) is 14.3 Å². The lowest BCUT2D eigenvalue weighted by molar-refractivity contribution is 0.0664. The molecule has 2 aromatic carbocycles. The normalized spacial score (nSPS) is 10.8. The molecule has 0 bridgehead atoms. The van der Waals surface area contributed by atoms with Crippen LogP contribution in [0.1, 0.15) is 21.7 Å². The van der Waals surface area contributed by atoms with Gasteiger partial charge in [0.05, 0.1) is 5.39 Å². The molecule has 5 heteroatoms. The highest BCUT2D eigenvalue weighted by Gasteiger charge is 2.19. The standard InChI is InChI=1S/C17H13FO4/c1-10-15-13(21-9-11-5-7-12(18)8-6-11)3-2-4-14(15)22-16(10)17(19)20/h2-8H,9H2,1H3,(H,19,20). The number of benzene rings is 2. The van der Waals surface area contributed by atoms with Gasteiger partial charge in [0.15, 0.2) is 0 Å². The molecule has 0 radical (unpaired) electrons. The first-order valence-electron chi connectivity index (χ1n) is 6.69. The fourth-order valence-electron chi connectivity index (χ4n) is 2.33. The predicted molar refractivity (Wildman–Crippen MR) is 78.6 cm³/mol. The Hall–Kier alpha value is -2.82. The molecule has 1 N–H and O–H groups in total. The summed E-state index contributed by atoms with van der Waals surface area (Å²) in [5.74, 6) is -0.968. The topological polar surface area (TPSA) is 59.7 Å². The molecule has 0 atom stereocenters. The largest absolute Gasteiger partial charge is 0.488 e. The molecule has 3 rings (SSSR count). The van der Waals surface area contributed by atoms with Crippen molar-refractivity contribution in [3.05, 3.63) is 65.2 Å². The summed E-state index contributed by atoms with van der Waals surface area (Å²) in [6, 6.07) is 11.2. The van der Waals surface area contributed by atoms with Gasteiger partial charge in [0, 0.05) is 5.56 Å². The van der Waals surface area contributed by atoms with Crippen molar-refractivity contribution in [3.63, 3.8) is 0 Å². The van der Waals surface area contributed by atoms with E-state index in [1.54, 1.807) is 37.3 Å². The Morgan fingerprint density at radius 2 is 1.95 bits per heavy atom. The Labute approximate surface area is 125 Å². The van der Waals surface area contributed by atoms with Gasteiger partial charge in [-0.25, -0.2) is 9.18 Å². The number of furan rings is 1. The number of carboxylic acid groups (broad SMARTS) is 1. The number of carboxylic acids is 1. The zero-order valence-corrected chi connectivity index (χ0v) is 11.8. The van der Waals surface area contributed by atoms with Crippen LogP contribution in [0.15, 0.2) is 46.9 Å². The third-order valence-corrected chi connectivity index (χ3v) is 3.42. The third-order valence-electron chi connectivity index (χ3n) is 3.42. The van der Waals surface area contributed by atoms with Gasteiger partial charge in [0.1, 0.15) is 23.8 Å². The Morgan fingerprint density at radius 1 is 1.23 bits per heavy atom. The lowest BCUT2D eigenvalue weighted by Gasteiger charge is -2.07. The van der Waals surface area contributed by atoms with Crippen molar-refractivity contribution in [2.24, 2.45) is 0 Å². The molecule has 0 saturated carbocycles. The molecule has 22 heavy (non-hydrogen) atoms. The molecular weight excluding hydrogens is 287 g/mol. The van der Waals surface area contributed by atoms with E-state index >= 15 is 0 Å². The number of hydrogen-bond acceptors (Lipinski definition) is 3. The van der Waals surface area contributed by atoms with E-state index < -0.39 is 5.97 Å². The summed E-state index contributed by atoms with van der Waals surface area (Å²) in [4.78, 5) is 11.1. The van der Waals surface area contributed by atoms with Gasteiger partial charge in [-0.1, -0.05) is 18.2 Å². The minimum Gasteiger partial charge on any atom is -0.488 e. The number of halogens is 1. The molecule has 112 valence electrons. The Morgan fingerprint density at radius 3 is 2.64 bits per heavy atom. The maximum absolute atomic E-state index is 12.9. The lowest BCUT2D eigenvalue weighted by atomic mass is 10.1. The second kappa shape index (κ2) is 5.52. The molecule has 0 saturated heterocycles. The van der Waals surface area contributed by atoms with Gasteiger partial charge in [0.25, 0.3) is 0 Å². The molecule has 0 unspecified atom stereocenters. The van der Waals surface area contributed by atoms with Gasteiger partial charge in [-0.2, -0.15) is 0 Å². The fourth-order valence-corrected chi connectivity index (χ4v) is 2.33. The van der Waals surface area contributed by atoms with Crippen LogP contribution in [0, 0.1) is 12.7 Å². The third kappa shape index (κ3) is 2.53. The van der Waals surface area contributed by atoms with Crippen molar-refractivity contribution in [3.8, 4) is 5.75 Å². The van der Waals surface area contributed by atoms with E-state index in [1.165, 1.54) is 12.1 Å². The second-order valence-electron chi connectivity index (χ2n) is 4.91. The van der Waals surface area contributed by atoms with Crippen LogP contribution in [0.4, 0.5) is 4.39 Å². The SMILES string of the molecule is Cc1c(C(=O)O)oc2cccc(OCc3ccc(F)cc3)c12. The van der Waals surface area contributed by atoms with Crippen LogP contribution >= 0.6 is 0 Å². The number of aromatic carboxylic acids is 1. The number of carbonyl (C=O) groups is 1. The average Bonchev–Trinajstić information content (AvgIpc) is 2.85. The summed E-state index contributed by atoms with van der Waals surface area (Å²) in [6.07, 6.45) is 0. The molecule has 0 spiro atoms. The number of hydrogen-bond donors (Lipinski definition) is 1. The summed E-state index contributed by atoms with van der Waals surface area (Å²) in [7, 11) is 0. The fraction of sp³-hybridized carbons (Fsp3) is 0.118. The molecule has 1 heterocycles. The smallest absolute Gasteiger partial charge is 0.372 e. The van der Waals surface area contributed by atoms with Crippen LogP contribution < -0.4 is 4.74 Å². The van der Waals surface area contributed by atoms with Crippen LogP contribution in [0.2, 0.25) is 0 Å². The van der Waals surface area contributed by atoms with E-state index in [0.717, 1.165) is 5.56 Å². The van der Waals surface area contributed by atoms with Gasteiger partial charge in [-0.15, -0.1) is 0 Å². The van der Waals surface area contributed by atoms with Crippen LogP contribution in [0.3, 0.4) is 0 Å². The molecule has 0 aliphatic heterocycles. The van der Waals surface area contributed by atoms with Gasteiger partial charge in [-0.3, -0.25) is 0 Å². The highest BCUT2D eigenvalue weighted by atomic mass is 19.1. The van der Waals surface area contributed by atoms with Gasteiger partial charge >= 0.3 is 5.97 Å². The molecule has 1 aromatic heterocycles. The maximum Gasteiger partial charge on any atom is 0.372 e. The second-order valence-corrected chi connectivity index (χ2v) is 4.91. The molecule has 0 fully saturated rings. The number of ether oxygens (including phenoxy) is 1. The zero-order chi connectivity index (χ0) is 15.7. The molecule has 4 nitrogen and oxygen atoms in total. The summed E-state index contributed by atoms with van der Waals surface area (Å²) in [6.45, 7) is 1.94. The van der Waals surface area contributed by atoms with Crippen molar-refractivity contribution >= 4 is 16.9 Å². The Bertz CT molecular complexity index is 834. The van der Waals surface area contributed by atoms with Crippen LogP contribution in [0.5, 0.6) is 5.75 Å². The first-order chi connectivity index (χ1) is 10.6. The monoisotopic (exact) mass is 300 g/mol. The lowest BCUT2D eigenvalue weighted by Crippen LogP contribution is -1.97. The van der Waals surface area contributed by atoms with Gasteiger partial charge in [0.2, 0.25) is 5.76 Å². The summed E-state index contributed by atoms with van der Waals surface area (Å²) >= 11 is 0. The Kier molecular flexibility index (Phi) is 3.55. The zero-order valence-electron chi connectivity index (χ0n) is 11.8. The first kappa shape index (κ1) is 14.1. The van der Waals surface area contributed by atoms with E-state index in [-0.39, 0.29) is 18.2 Å². The van der Waals surface area contributed by atoms with Crippen molar-refractivity contribution < 1.29 is 23.4 Å². The Balaban J connectivity index is 1.93. The molecule has 0 aliphatic carbocycles. The molecule has 0 amide bonds. The highest BCUT2D eigenvalue weighted by Crippen LogP contribution is 2.33. The van der Waals surface area contributed by atoms with Crippen molar-refractivity contribution in [1.82, 2.24) is 0 Å². The number of aryl methyl sites for hydroxylation is 1. The minimum atomic E-state index is -1.11. The molecule has 3 aromatic rings. The van der Waals surface area contributed by atoms with Crippen molar-refractivity contribution in [2.75, 3.05) is 0 Å². The summed E-state index contributed by atoms with van der Waals surface area (Å²) in [5, 5.41) is 9.76. The van der Waals surface area contributed by atoms with E-state index in [2.05, 4.69) is 0 Å².